The minimum atomic E-state index is -3.16. The number of aliphatic hydroxyl groups excluding tert-OH is 1. The molecule has 0 saturated carbocycles. The van der Waals surface area contributed by atoms with E-state index in [2.05, 4.69) is 0 Å². The number of nitrogens with two attached hydrogens (primary N) is 1. The molecule has 0 aromatic rings. The zero-order chi connectivity index (χ0) is 9.12. The molecule has 0 aromatic heterocycles. The number of hydrogen-bond acceptors (Lipinski definition) is 4. The molecule has 0 atom stereocenters. The molecule has 0 aliphatic carbocycles. The molecule has 0 unspecified atom stereocenters. The molecule has 0 bridgehead atoms. The Bertz CT molecular complexity index is 207. The number of hydrogen-bond donors (Lipinski definition) is 2. The van der Waals surface area contributed by atoms with Gasteiger partial charge in [0.05, 0.1) is 18.1 Å². The minimum Gasteiger partial charge on any atom is -0.395 e. The molecule has 12 heavy (non-hydrogen) atoms. The van der Waals surface area contributed by atoms with Crippen molar-refractivity contribution in [3.05, 3.63) is 0 Å². The van der Waals surface area contributed by atoms with E-state index in [0.717, 1.165) is 0 Å². The van der Waals surface area contributed by atoms with Crippen molar-refractivity contribution in [2.24, 2.45) is 5.73 Å². The second-order valence-corrected chi connectivity index (χ2v) is 5.49. The number of aliphatic hydroxyl groups is 1. The van der Waals surface area contributed by atoms with Crippen LogP contribution in [0.3, 0.4) is 0 Å². The normalized spacial score (nSPS) is 12.3. The van der Waals surface area contributed by atoms with Crippen LogP contribution in [0.5, 0.6) is 0 Å². The first-order valence-corrected chi connectivity index (χ1v) is 5.19. The van der Waals surface area contributed by atoms with Crippen LogP contribution in [0.25, 0.3) is 0 Å². The van der Waals surface area contributed by atoms with Crippen molar-refractivity contribution in [2.75, 3.05) is 18.1 Å². The van der Waals surface area contributed by atoms with Gasteiger partial charge in [0.15, 0.2) is 9.84 Å². The van der Waals surface area contributed by atoms with Gasteiger partial charge in [-0.25, -0.2) is 8.42 Å². The van der Waals surface area contributed by atoms with Crippen LogP contribution in [0.4, 0.5) is 0 Å². The van der Waals surface area contributed by atoms with E-state index < -0.39 is 15.4 Å². The summed E-state index contributed by atoms with van der Waals surface area (Å²) in [7, 11) is -3.16. The van der Waals surface area contributed by atoms with Crippen molar-refractivity contribution in [1.29, 1.82) is 0 Å². The number of rotatable bonds is 4. The van der Waals surface area contributed by atoms with E-state index in [1.54, 1.807) is 13.8 Å². The van der Waals surface area contributed by atoms with Crippen molar-refractivity contribution in [1.82, 2.24) is 0 Å². The van der Waals surface area contributed by atoms with Crippen LogP contribution < -0.4 is 5.73 Å². The second-order valence-electron chi connectivity index (χ2n) is 3.30. The summed E-state index contributed by atoms with van der Waals surface area (Å²) in [5, 5.41) is 8.38. The Morgan fingerprint density at radius 2 is 1.83 bits per heavy atom. The average molecular weight is 218 g/mol. The maximum absolute atomic E-state index is 11.0. The Kier molecular flexibility index (Phi) is 6.13. The van der Waals surface area contributed by atoms with Crippen molar-refractivity contribution < 1.29 is 13.5 Å². The van der Waals surface area contributed by atoms with Gasteiger partial charge in [-0.05, 0) is 13.8 Å². The van der Waals surface area contributed by atoms with Gasteiger partial charge >= 0.3 is 0 Å². The molecule has 76 valence electrons. The quantitative estimate of drug-likeness (QED) is 0.669. The Morgan fingerprint density at radius 1 is 1.42 bits per heavy atom. The van der Waals surface area contributed by atoms with Gasteiger partial charge in [0, 0.05) is 5.54 Å². The van der Waals surface area contributed by atoms with E-state index in [0.29, 0.717) is 0 Å². The van der Waals surface area contributed by atoms with E-state index in [1.165, 1.54) is 0 Å². The Morgan fingerprint density at radius 3 is 2.08 bits per heavy atom. The molecule has 3 N–H and O–H groups in total. The van der Waals surface area contributed by atoms with Crippen LogP contribution >= 0.6 is 12.4 Å². The highest BCUT2D eigenvalue weighted by Crippen LogP contribution is 2.02. The SMILES string of the molecule is CC(C)(N)CS(=O)(=O)CCO.Cl. The molecule has 0 rings (SSSR count). The molecule has 0 heterocycles. The molecule has 0 amide bonds. The fourth-order valence-corrected chi connectivity index (χ4v) is 2.33. The summed E-state index contributed by atoms with van der Waals surface area (Å²) in [5.41, 5.74) is 4.78. The Hall–Kier alpha value is 0.160. The molecule has 0 fully saturated rings. The molecule has 0 radical (unpaired) electrons. The van der Waals surface area contributed by atoms with Crippen LogP contribution in [0.15, 0.2) is 0 Å². The summed E-state index contributed by atoms with van der Waals surface area (Å²) in [6.45, 7) is 2.95. The third-order valence-corrected chi connectivity index (χ3v) is 2.98. The van der Waals surface area contributed by atoms with E-state index in [-0.39, 0.29) is 30.5 Å². The maximum Gasteiger partial charge on any atom is 0.154 e. The fraction of sp³-hybridized carbons (Fsp3) is 1.00. The van der Waals surface area contributed by atoms with Gasteiger partial charge in [-0.2, -0.15) is 0 Å². The molecule has 0 spiro atoms. The zero-order valence-corrected chi connectivity index (χ0v) is 8.91. The van der Waals surface area contributed by atoms with Gasteiger partial charge in [0.25, 0.3) is 0 Å². The predicted octanol–water partition coefficient (Wildman–Crippen LogP) is -0.447. The van der Waals surface area contributed by atoms with Crippen LogP contribution in [-0.4, -0.2) is 37.2 Å². The molecule has 0 saturated heterocycles. The molecule has 6 heteroatoms. The van der Waals surface area contributed by atoms with Crippen molar-refractivity contribution in [3.63, 3.8) is 0 Å². The first-order valence-electron chi connectivity index (χ1n) is 3.37. The van der Waals surface area contributed by atoms with Gasteiger partial charge in [-0.15, -0.1) is 12.4 Å². The highest BCUT2D eigenvalue weighted by molar-refractivity contribution is 7.91. The van der Waals surface area contributed by atoms with E-state index in [1.807, 2.05) is 0 Å². The summed E-state index contributed by atoms with van der Waals surface area (Å²) in [6.07, 6.45) is 0. The van der Waals surface area contributed by atoms with Gasteiger partial charge in [-0.3, -0.25) is 0 Å². The minimum absolute atomic E-state index is 0. The maximum atomic E-state index is 11.0. The fourth-order valence-electron chi connectivity index (χ4n) is 0.778. The summed E-state index contributed by atoms with van der Waals surface area (Å²) >= 11 is 0. The molecular weight excluding hydrogens is 202 g/mol. The third kappa shape index (κ3) is 8.26. The average Bonchev–Trinajstić information content (AvgIpc) is 1.55. The lowest BCUT2D eigenvalue weighted by atomic mass is 10.1. The smallest absolute Gasteiger partial charge is 0.154 e. The van der Waals surface area contributed by atoms with Crippen LogP contribution in [0.2, 0.25) is 0 Å². The standard InChI is InChI=1S/C6H15NO3S.ClH/c1-6(2,7)5-11(9,10)4-3-8;/h8H,3-5,7H2,1-2H3;1H. The molecule has 0 aliphatic rings. The Labute approximate surface area is 79.5 Å². The van der Waals surface area contributed by atoms with Crippen LogP contribution in [0, 0.1) is 0 Å². The monoisotopic (exact) mass is 217 g/mol. The predicted molar refractivity (Wildman–Crippen MR) is 51.3 cm³/mol. The molecular formula is C6H16ClNO3S. The summed E-state index contributed by atoms with van der Waals surface area (Å²) in [6, 6.07) is 0. The van der Waals surface area contributed by atoms with E-state index >= 15 is 0 Å². The van der Waals surface area contributed by atoms with Crippen molar-refractivity contribution in [2.45, 2.75) is 19.4 Å². The van der Waals surface area contributed by atoms with Gasteiger partial charge in [0.2, 0.25) is 0 Å². The lowest BCUT2D eigenvalue weighted by Gasteiger charge is -2.17. The van der Waals surface area contributed by atoms with Crippen LogP contribution in [-0.2, 0) is 9.84 Å². The molecule has 0 aliphatic heterocycles. The third-order valence-electron chi connectivity index (χ3n) is 0.994. The van der Waals surface area contributed by atoms with Crippen molar-refractivity contribution in [3.8, 4) is 0 Å². The van der Waals surface area contributed by atoms with Gasteiger partial charge in [-0.1, -0.05) is 0 Å². The largest absolute Gasteiger partial charge is 0.395 e. The van der Waals surface area contributed by atoms with Crippen LogP contribution in [0.1, 0.15) is 13.8 Å². The van der Waals surface area contributed by atoms with Gasteiger partial charge in [0.1, 0.15) is 0 Å². The lowest BCUT2D eigenvalue weighted by molar-refractivity contribution is 0.319. The molecule has 4 nitrogen and oxygen atoms in total. The lowest BCUT2D eigenvalue weighted by Crippen LogP contribution is -2.40. The highest BCUT2D eigenvalue weighted by Gasteiger charge is 2.21. The van der Waals surface area contributed by atoms with Crippen molar-refractivity contribution >= 4 is 22.2 Å². The van der Waals surface area contributed by atoms with E-state index in [4.69, 9.17) is 10.8 Å². The van der Waals surface area contributed by atoms with E-state index in [9.17, 15) is 8.42 Å². The first kappa shape index (κ1) is 14.7. The Balaban J connectivity index is 0. The summed E-state index contributed by atoms with van der Waals surface area (Å²) < 4.78 is 22.0. The van der Waals surface area contributed by atoms with Gasteiger partial charge < -0.3 is 10.8 Å². The zero-order valence-electron chi connectivity index (χ0n) is 7.28. The molecule has 0 aromatic carbocycles. The summed E-state index contributed by atoms with van der Waals surface area (Å²) in [5.74, 6) is -0.284. The highest BCUT2D eigenvalue weighted by atomic mass is 35.5. The topological polar surface area (TPSA) is 80.4 Å². The first-order chi connectivity index (χ1) is 4.77. The number of halogens is 1. The summed E-state index contributed by atoms with van der Waals surface area (Å²) in [4.78, 5) is 0. The number of sulfone groups is 1. The second kappa shape index (κ2) is 5.01.